The van der Waals surface area contributed by atoms with Crippen LogP contribution in [-0.2, 0) is 15.8 Å². The van der Waals surface area contributed by atoms with Crippen LogP contribution < -0.4 is 10.6 Å². The van der Waals surface area contributed by atoms with Crippen LogP contribution in [-0.4, -0.2) is 45.3 Å². The Morgan fingerprint density at radius 3 is 2.27 bits per heavy atom. The molecule has 0 saturated carbocycles. The number of nitrogens with one attached hydrogen (secondary N) is 2. The van der Waals surface area contributed by atoms with Gasteiger partial charge in [0.05, 0.1) is 0 Å². The number of halogens is 3. The molecule has 1 unspecified atom stereocenters. The second-order valence-electron chi connectivity index (χ2n) is 7.82. The van der Waals surface area contributed by atoms with E-state index in [0.29, 0.717) is 5.56 Å². The highest BCUT2D eigenvalue weighted by Crippen LogP contribution is 2.43. The Morgan fingerprint density at radius 2 is 1.62 bits per heavy atom. The number of hydrogen-bond donors (Lipinski definition) is 3. The van der Waals surface area contributed by atoms with Gasteiger partial charge in [0, 0.05) is 31.1 Å². The molecule has 192 valence electrons. The number of aromatic nitrogens is 3. The van der Waals surface area contributed by atoms with Gasteiger partial charge in [-0.2, -0.15) is 18.2 Å². The molecule has 3 N–H and O–H groups in total. The zero-order valence-corrected chi connectivity index (χ0v) is 19.2. The first kappa shape index (κ1) is 25.6. The number of carbonyl (C=O) groups is 2. The van der Waals surface area contributed by atoms with Gasteiger partial charge in [-0.3, -0.25) is 9.59 Å². The molecule has 0 spiro atoms. The molecule has 0 aliphatic rings. The third kappa shape index (κ3) is 5.83. The minimum atomic E-state index is -4.81. The van der Waals surface area contributed by atoms with Gasteiger partial charge < -0.3 is 24.8 Å². The van der Waals surface area contributed by atoms with Gasteiger partial charge >= 0.3 is 6.18 Å². The van der Waals surface area contributed by atoms with E-state index in [-0.39, 0.29) is 35.9 Å². The number of amides is 2. The van der Waals surface area contributed by atoms with Crippen LogP contribution in [0.25, 0.3) is 34.3 Å². The van der Waals surface area contributed by atoms with Crippen LogP contribution in [0.15, 0.2) is 63.6 Å². The summed E-state index contributed by atoms with van der Waals surface area (Å²) in [6.45, 7) is 1.68. The molecule has 13 heteroatoms. The Hall–Kier alpha value is -4.52. The van der Waals surface area contributed by atoms with Crippen molar-refractivity contribution in [1.29, 1.82) is 0 Å². The number of benzene rings is 2. The third-order valence-electron chi connectivity index (χ3n) is 5.17. The topological polar surface area (TPSA) is 143 Å². The summed E-state index contributed by atoms with van der Waals surface area (Å²) in [7, 11) is 0. The zero-order valence-electron chi connectivity index (χ0n) is 19.2. The van der Waals surface area contributed by atoms with Gasteiger partial charge in [-0.25, -0.2) is 0 Å². The van der Waals surface area contributed by atoms with Crippen molar-refractivity contribution >= 4 is 11.8 Å². The minimum absolute atomic E-state index is 0.0402. The number of aliphatic hydroxyl groups is 1. The molecule has 1 atom stereocenters. The SMILES string of the molecule is CC(=O)NCCNC(=O)C(O)c1ccc(-c2noc(-c3onc(-c4ccccc4)c3C(F)(F)F)n2)cc1. The molecule has 0 bridgehead atoms. The van der Waals surface area contributed by atoms with Crippen molar-refractivity contribution in [3.8, 4) is 34.3 Å². The first-order chi connectivity index (χ1) is 17.6. The van der Waals surface area contributed by atoms with Crippen LogP contribution in [0.4, 0.5) is 13.2 Å². The monoisotopic (exact) mass is 515 g/mol. The van der Waals surface area contributed by atoms with Crippen LogP contribution in [0, 0.1) is 0 Å². The predicted molar refractivity (Wildman–Crippen MR) is 122 cm³/mol. The minimum Gasteiger partial charge on any atom is -0.378 e. The van der Waals surface area contributed by atoms with Crippen molar-refractivity contribution in [2.24, 2.45) is 0 Å². The van der Waals surface area contributed by atoms with E-state index in [1.54, 1.807) is 18.2 Å². The van der Waals surface area contributed by atoms with E-state index in [1.165, 1.54) is 43.3 Å². The van der Waals surface area contributed by atoms with Gasteiger partial charge in [0.25, 0.3) is 11.8 Å². The summed E-state index contributed by atoms with van der Waals surface area (Å²) in [4.78, 5) is 27.0. The van der Waals surface area contributed by atoms with Crippen molar-refractivity contribution in [3.63, 3.8) is 0 Å². The highest BCUT2D eigenvalue weighted by molar-refractivity contribution is 5.82. The van der Waals surface area contributed by atoms with Crippen LogP contribution >= 0.6 is 0 Å². The molecule has 0 radical (unpaired) electrons. The second-order valence-corrected chi connectivity index (χ2v) is 7.82. The summed E-state index contributed by atoms with van der Waals surface area (Å²) in [5, 5.41) is 22.5. The second kappa shape index (κ2) is 10.6. The molecule has 0 aliphatic heterocycles. The number of aliphatic hydroxyl groups excluding tert-OH is 1. The molecule has 4 aromatic rings. The van der Waals surface area contributed by atoms with Crippen molar-refractivity contribution in [2.75, 3.05) is 13.1 Å². The maximum atomic E-state index is 13.9. The Morgan fingerprint density at radius 1 is 0.946 bits per heavy atom. The lowest BCUT2D eigenvalue weighted by molar-refractivity contribution is -0.137. The van der Waals surface area contributed by atoms with E-state index in [2.05, 4.69) is 25.9 Å². The third-order valence-corrected chi connectivity index (χ3v) is 5.17. The first-order valence-corrected chi connectivity index (χ1v) is 10.9. The van der Waals surface area contributed by atoms with E-state index in [9.17, 15) is 27.9 Å². The van der Waals surface area contributed by atoms with Crippen molar-refractivity contribution in [3.05, 3.63) is 65.7 Å². The molecule has 0 fully saturated rings. The summed E-state index contributed by atoms with van der Waals surface area (Å²) < 4.78 is 51.7. The van der Waals surface area contributed by atoms with E-state index < -0.39 is 41.1 Å². The van der Waals surface area contributed by atoms with E-state index in [4.69, 9.17) is 9.05 Å². The maximum absolute atomic E-state index is 13.9. The summed E-state index contributed by atoms with van der Waals surface area (Å²) in [6.07, 6.45) is -6.29. The normalized spacial score (nSPS) is 12.2. The molecular formula is C24H20F3N5O5. The molecule has 37 heavy (non-hydrogen) atoms. The van der Waals surface area contributed by atoms with E-state index in [0.717, 1.165) is 0 Å². The number of rotatable bonds is 8. The van der Waals surface area contributed by atoms with Crippen LogP contribution in [0.3, 0.4) is 0 Å². The summed E-state index contributed by atoms with van der Waals surface area (Å²) in [5.74, 6) is -2.18. The lowest BCUT2D eigenvalue weighted by Gasteiger charge is -2.12. The van der Waals surface area contributed by atoms with E-state index in [1.807, 2.05) is 0 Å². The predicted octanol–water partition coefficient (Wildman–Crippen LogP) is 3.36. The molecule has 2 heterocycles. The smallest absolute Gasteiger partial charge is 0.378 e. The number of carbonyl (C=O) groups excluding carboxylic acids is 2. The highest BCUT2D eigenvalue weighted by Gasteiger charge is 2.43. The van der Waals surface area contributed by atoms with Gasteiger partial charge in [0.15, 0.2) is 6.10 Å². The average Bonchev–Trinajstić information content (AvgIpc) is 3.54. The first-order valence-electron chi connectivity index (χ1n) is 10.9. The van der Waals surface area contributed by atoms with Crippen LogP contribution in [0.2, 0.25) is 0 Å². The number of hydrogen-bond acceptors (Lipinski definition) is 8. The molecule has 2 aromatic carbocycles. The Bertz CT molecular complexity index is 1380. The molecule has 2 aromatic heterocycles. The Balaban J connectivity index is 1.52. The Labute approximate surface area is 207 Å². The largest absolute Gasteiger partial charge is 0.422 e. The van der Waals surface area contributed by atoms with Crippen molar-refractivity contribution in [1.82, 2.24) is 25.9 Å². The standard InChI is InChI=1S/C24H20F3N5O5/c1-13(33)28-11-12-29-22(35)19(34)15-7-9-16(10-8-15)21-30-23(37-32-21)20-17(24(25,26)27)18(31-36-20)14-5-3-2-4-6-14/h2-10,19,34H,11-12H2,1H3,(H,28,33)(H,29,35). The summed E-state index contributed by atoms with van der Waals surface area (Å²) in [5.41, 5.74) is -0.730. The fourth-order valence-electron chi connectivity index (χ4n) is 3.41. The number of nitrogens with zero attached hydrogens (tertiary/aromatic N) is 3. The number of alkyl halides is 3. The van der Waals surface area contributed by atoms with Gasteiger partial charge in [0.2, 0.25) is 17.5 Å². The molecule has 0 saturated heterocycles. The zero-order chi connectivity index (χ0) is 26.6. The van der Waals surface area contributed by atoms with Gasteiger partial charge in [-0.05, 0) is 5.56 Å². The maximum Gasteiger partial charge on any atom is 0.422 e. The highest BCUT2D eigenvalue weighted by atomic mass is 19.4. The quantitative estimate of drug-likeness (QED) is 0.303. The molecule has 10 nitrogen and oxygen atoms in total. The molecule has 2 amide bonds. The van der Waals surface area contributed by atoms with Crippen molar-refractivity contribution < 1.29 is 36.9 Å². The summed E-state index contributed by atoms with van der Waals surface area (Å²) >= 11 is 0. The fraction of sp³-hybridized carbons (Fsp3) is 0.208. The van der Waals surface area contributed by atoms with Crippen LogP contribution in [0.5, 0.6) is 0 Å². The van der Waals surface area contributed by atoms with Gasteiger partial charge in [0.1, 0.15) is 11.3 Å². The molecule has 0 aliphatic carbocycles. The van der Waals surface area contributed by atoms with E-state index >= 15 is 0 Å². The van der Waals surface area contributed by atoms with Gasteiger partial charge in [-0.15, -0.1) is 0 Å². The fourth-order valence-corrected chi connectivity index (χ4v) is 3.41. The lowest BCUT2D eigenvalue weighted by Crippen LogP contribution is -2.36. The molecular weight excluding hydrogens is 495 g/mol. The molecule has 4 rings (SSSR count). The summed E-state index contributed by atoms with van der Waals surface area (Å²) in [6, 6.07) is 13.6. The van der Waals surface area contributed by atoms with Crippen LogP contribution in [0.1, 0.15) is 24.2 Å². The Kier molecular flexibility index (Phi) is 7.34. The van der Waals surface area contributed by atoms with Gasteiger partial charge in [-0.1, -0.05) is 64.9 Å². The van der Waals surface area contributed by atoms with Crippen molar-refractivity contribution in [2.45, 2.75) is 19.2 Å². The average molecular weight is 515 g/mol. The lowest BCUT2D eigenvalue weighted by atomic mass is 10.1.